The number of carbonyl (C=O) groups is 2. The third-order valence-electron chi connectivity index (χ3n) is 8.90. The molecule has 2 bridgehead atoms. The Morgan fingerprint density at radius 1 is 0.977 bits per heavy atom. The van der Waals surface area contributed by atoms with Crippen LogP contribution in [0.2, 0.25) is 0 Å². The number of hydrogen-bond donors (Lipinski definition) is 2. The summed E-state index contributed by atoms with van der Waals surface area (Å²) in [5, 5.41) is 8.64. The summed E-state index contributed by atoms with van der Waals surface area (Å²) in [6.07, 6.45) is 8.55. The Kier molecular flexibility index (Phi) is 6.81. The zero-order chi connectivity index (χ0) is 29.6. The van der Waals surface area contributed by atoms with Gasteiger partial charge in [0, 0.05) is 34.9 Å². The largest absolute Gasteiger partial charge is 0.348 e. The van der Waals surface area contributed by atoms with Gasteiger partial charge in [0.05, 0.1) is 11.1 Å². The van der Waals surface area contributed by atoms with E-state index in [1.807, 2.05) is 54.8 Å². The summed E-state index contributed by atoms with van der Waals surface area (Å²) in [5.41, 5.74) is 11.9. The molecule has 5 nitrogen and oxygen atoms in total. The number of carbonyl (C=O) groups excluding carboxylic acids is 2. The number of nitrogens with one attached hydrogen (secondary N) is 2. The highest BCUT2D eigenvalue weighted by atomic mass is 32.1. The average molecular weight is 582 g/mol. The summed E-state index contributed by atoms with van der Waals surface area (Å²) in [5.74, 6) is 0.0161. The van der Waals surface area contributed by atoms with Gasteiger partial charge in [0.25, 0.3) is 5.91 Å². The van der Waals surface area contributed by atoms with Gasteiger partial charge in [0.15, 0.2) is 5.13 Å². The Hall–Kier alpha value is -4.77. The van der Waals surface area contributed by atoms with E-state index in [1.54, 1.807) is 6.07 Å². The van der Waals surface area contributed by atoms with E-state index in [0.29, 0.717) is 17.2 Å². The van der Waals surface area contributed by atoms with Crippen molar-refractivity contribution in [3.63, 3.8) is 0 Å². The monoisotopic (exact) mass is 581 g/mol. The van der Waals surface area contributed by atoms with E-state index < -0.39 is 5.41 Å². The molecule has 0 fully saturated rings. The third-order valence-corrected chi connectivity index (χ3v) is 9.66. The van der Waals surface area contributed by atoms with Gasteiger partial charge in [-0.3, -0.25) is 9.59 Å². The number of nitrogens with zero attached hydrogens (tertiary/aromatic N) is 1. The standard InChI is InChI=1S/C37H31N3O2S/c1-23-9-7-10-24(18-17-23)21-38-34(41)26-12-8-11-25(19-26)32-22-43-36(39-32)40-35(42)37(2)20-31-27-13-3-5-15-29(27)33(37)30-16-6-4-14-28(30)31/h3-8,10-19,22,31,33H,20-21H2,1-2H3,(H,38,41)(H,39,40,42). The van der Waals surface area contributed by atoms with Crippen molar-refractivity contribution in [1.29, 1.82) is 0 Å². The minimum atomic E-state index is -0.607. The molecule has 0 radical (unpaired) electrons. The minimum absolute atomic E-state index is 0.0114. The molecule has 1 atom stereocenters. The maximum absolute atomic E-state index is 14.0. The Morgan fingerprint density at radius 2 is 1.70 bits per heavy atom. The summed E-state index contributed by atoms with van der Waals surface area (Å²) in [7, 11) is 0. The van der Waals surface area contributed by atoms with Crippen LogP contribution in [-0.2, 0) is 4.79 Å². The van der Waals surface area contributed by atoms with Gasteiger partial charge >= 0.3 is 0 Å². The first-order valence-electron chi connectivity index (χ1n) is 14.5. The molecular weight excluding hydrogens is 550 g/mol. The zero-order valence-corrected chi connectivity index (χ0v) is 24.9. The maximum atomic E-state index is 14.0. The van der Waals surface area contributed by atoms with E-state index in [2.05, 4.69) is 71.8 Å². The Morgan fingerprint density at radius 3 is 2.44 bits per heavy atom. The van der Waals surface area contributed by atoms with Gasteiger partial charge in [-0.2, -0.15) is 0 Å². The Labute approximate surface area is 255 Å². The van der Waals surface area contributed by atoms with Crippen LogP contribution in [0.4, 0.5) is 5.13 Å². The first-order chi connectivity index (χ1) is 20.9. The molecular formula is C37H31N3O2S. The zero-order valence-electron chi connectivity index (χ0n) is 24.1. The first kappa shape index (κ1) is 27.1. The summed E-state index contributed by atoms with van der Waals surface area (Å²) in [4.78, 5) is 31.7. The van der Waals surface area contributed by atoms with Crippen molar-refractivity contribution in [1.82, 2.24) is 10.3 Å². The van der Waals surface area contributed by atoms with Crippen LogP contribution in [0, 0.1) is 5.41 Å². The molecule has 1 unspecified atom stereocenters. The van der Waals surface area contributed by atoms with Crippen LogP contribution in [0.3, 0.4) is 0 Å². The molecule has 2 amide bonds. The molecule has 0 saturated heterocycles. The molecule has 212 valence electrons. The maximum Gasteiger partial charge on any atom is 0.251 e. The first-order valence-corrected chi connectivity index (χ1v) is 15.4. The predicted octanol–water partition coefficient (Wildman–Crippen LogP) is 7.76. The molecule has 0 spiro atoms. The van der Waals surface area contributed by atoms with Crippen LogP contribution in [0.15, 0.2) is 119 Å². The molecule has 6 heteroatoms. The molecule has 0 saturated carbocycles. The van der Waals surface area contributed by atoms with Crippen LogP contribution in [0.1, 0.15) is 64.7 Å². The fourth-order valence-corrected chi connectivity index (χ4v) is 7.45. The number of rotatable bonds is 6. The van der Waals surface area contributed by atoms with E-state index in [1.165, 1.54) is 33.6 Å². The predicted molar refractivity (Wildman–Crippen MR) is 172 cm³/mol. The lowest BCUT2D eigenvalue weighted by atomic mass is 9.52. The number of hydrogen-bond acceptors (Lipinski definition) is 4. The number of aromatic nitrogens is 1. The summed E-state index contributed by atoms with van der Waals surface area (Å²) in [6.45, 7) is 4.51. The number of benzene rings is 3. The molecule has 8 rings (SSSR count). The van der Waals surface area contributed by atoms with Crippen molar-refractivity contribution in [3.05, 3.63) is 147 Å². The summed E-state index contributed by atoms with van der Waals surface area (Å²) >= 11 is 1.40. The van der Waals surface area contributed by atoms with E-state index in [4.69, 9.17) is 4.98 Å². The quantitative estimate of drug-likeness (QED) is 0.229. The SMILES string of the molecule is CC1=C=CC=C(CNC(=O)c2cccc(-c3csc(NC(=O)C4(C)CC5c6ccccc6C4c4ccccc45)n3)c2)C=C1. The molecule has 0 aliphatic heterocycles. The highest BCUT2D eigenvalue weighted by Crippen LogP contribution is 2.61. The molecule has 1 aromatic heterocycles. The molecule has 43 heavy (non-hydrogen) atoms. The normalized spacial score (nSPS) is 21.3. The number of thiazole rings is 1. The highest BCUT2D eigenvalue weighted by Gasteiger charge is 2.54. The second-order valence-electron chi connectivity index (χ2n) is 11.7. The molecule has 4 aliphatic rings. The van der Waals surface area contributed by atoms with Gasteiger partial charge in [-0.15, -0.1) is 17.1 Å². The smallest absolute Gasteiger partial charge is 0.251 e. The lowest BCUT2D eigenvalue weighted by molar-refractivity contribution is -0.126. The Balaban J connectivity index is 1.08. The molecule has 1 heterocycles. The second kappa shape index (κ2) is 10.8. The van der Waals surface area contributed by atoms with E-state index >= 15 is 0 Å². The van der Waals surface area contributed by atoms with E-state index in [9.17, 15) is 9.59 Å². The van der Waals surface area contributed by atoms with Crippen LogP contribution >= 0.6 is 11.3 Å². The van der Waals surface area contributed by atoms with Gasteiger partial charge in [-0.05, 0) is 78.0 Å². The van der Waals surface area contributed by atoms with Crippen LogP contribution in [0.5, 0.6) is 0 Å². The molecule has 2 N–H and O–H groups in total. The number of amides is 2. The van der Waals surface area contributed by atoms with Crippen LogP contribution < -0.4 is 10.6 Å². The lowest BCUT2D eigenvalue weighted by Gasteiger charge is -2.50. The van der Waals surface area contributed by atoms with Crippen molar-refractivity contribution in [2.45, 2.75) is 32.1 Å². The van der Waals surface area contributed by atoms with Crippen molar-refractivity contribution < 1.29 is 9.59 Å². The second-order valence-corrected chi connectivity index (χ2v) is 12.5. The van der Waals surface area contributed by atoms with Gasteiger partial charge in [0.1, 0.15) is 0 Å². The fraction of sp³-hybridized carbons (Fsp3) is 0.189. The third kappa shape index (κ3) is 4.89. The molecule has 4 aliphatic carbocycles. The van der Waals surface area contributed by atoms with Crippen molar-refractivity contribution in [2.24, 2.45) is 5.41 Å². The van der Waals surface area contributed by atoms with Gasteiger partial charge in [-0.25, -0.2) is 4.98 Å². The van der Waals surface area contributed by atoms with Crippen LogP contribution in [0.25, 0.3) is 11.3 Å². The number of anilines is 1. The number of allylic oxidation sites excluding steroid dienone is 3. The highest BCUT2D eigenvalue weighted by molar-refractivity contribution is 7.14. The van der Waals surface area contributed by atoms with Crippen molar-refractivity contribution in [2.75, 3.05) is 11.9 Å². The topological polar surface area (TPSA) is 71.1 Å². The van der Waals surface area contributed by atoms with Crippen LogP contribution in [-0.4, -0.2) is 23.3 Å². The number of fused-ring (bicyclic) bond motifs is 1. The van der Waals surface area contributed by atoms with E-state index in [0.717, 1.165) is 28.8 Å². The summed E-state index contributed by atoms with van der Waals surface area (Å²) in [6, 6.07) is 24.5. The van der Waals surface area contributed by atoms with Crippen molar-refractivity contribution in [3.8, 4) is 11.3 Å². The average Bonchev–Trinajstić information content (AvgIpc) is 3.40. The molecule has 3 aromatic carbocycles. The van der Waals surface area contributed by atoms with Gasteiger partial charge in [-0.1, -0.05) is 72.8 Å². The van der Waals surface area contributed by atoms with Gasteiger partial charge < -0.3 is 10.6 Å². The van der Waals surface area contributed by atoms with E-state index in [-0.39, 0.29) is 23.7 Å². The Bertz CT molecular complexity index is 1860. The lowest BCUT2D eigenvalue weighted by Crippen LogP contribution is -2.47. The molecule has 4 aromatic rings. The fourth-order valence-electron chi connectivity index (χ4n) is 6.73. The minimum Gasteiger partial charge on any atom is -0.348 e. The summed E-state index contributed by atoms with van der Waals surface area (Å²) < 4.78 is 0. The van der Waals surface area contributed by atoms with Gasteiger partial charge in [0.2, 0.25) is 5.91 Å². The van der Waals surface area contributed by atoms with Crippen molar-refractivity contribution >= 4 is 28.3 Å².